The van der Waals surface area contributed by atoms with Gasteiger partial charge in [0.15, 0.2) is 0 Å². The van der Waals surface area contributed by atoms with E-state index in [0.717, 1.165) is 6.42 Å². The van der Waals surface area contributed by atoms with E-state index in [1.165, 1.54) is 38.5 Å². The van der Waals surface area contributed by atoms with Gasteiger partial charge in [-0.05, 0) is 37.5 Å². The molecule has 0 heterocycles. The Morgan fingerprint density at radius 1 is 1.07 bits per heavy atom. The molecule has 0 saturated heterocycles. The lowest BCUT2D eigenvalue weighted by atomic mass is 9.71. The minimum atomic E-state index is -0.306. The van der Waals surface area contributed by atoms with Crippen LogP contribution >= 0.6 is 0 Å². The molecule has 3 unspecified atom stereocenters. The van der Waals surface area contributed by atoms with Crippen molar-refractivity contribution in [2.45, 2.75) is 50.5 Å². The van der Waals surface area contributed by atoms with E-state index in [1.807, 2.05) is 0 Å². The van der Waals surface area contributed by atoms with E-state index >= 15 is 0 Å². The monoisotopic (exact) mass is 192 g/mol. The van der Waals surface area contributed by atoms with Crippen LogP contribution in [0.25, 0.3) is 0 Å². The lowest BCUT2D eigenvalue weighted by Gasteiger charge is -2.40. The Balaban J connectivity index is 1.79. The minimum absolute atomic E-state index is 0.306. The quantitative estimate of drug-likeness (QED) is 0.633. The molecule has 0 aromatic heterocycles. The van der Waals surface area contributed by atoms with Crippen LogP contribution in [0.4, 0.5) is 0 Å². The van der Waals surface area contributed by atoms with Gasteiger partial charge in [0.2, 0.25) is 0 Å². The standard InChI is InChI=1S/C13H20O/c14-13(11-4-2-1-3-5-11)9-10-6-7-12(13)8-10/h6-7,10-12,14H,1-5,8-9H2. The van der Waals surface area contributed by atoms with Gasteiger partial charge in [-0.25, -0.2) is 0 Å². The van der Waals surface area contributed by atoms with Gasteiger partial charge in [0, 0.05) is 5.92 Å². The molecule has 0 amide bonds. The third kappa shape index (κ3) is 1.18. The van der Waals surface area contributed by atoms with E-state index in [2.05, 4.69) is 12.2 Å². The van der Waals surface area contributed by atoms with Crippen molar-refractivity contribution in [2.24, 2.45) is 17.8 Å². The summed E-state index contributed by atoms with van der Waals surface area (Å²) >= 11 is 0. The highest BCUT2D eigenvalue weighted by molar-refractivity contribution is 5.18. The third-order valence-electron chi connectivity index (χ3n) is 4.72. The number of allylic oxidation sites excluding steroid dienone is 1. The highest BCUT2D eigenvalue weighted by Crippen LogP contribution is 2.52. The zero-order chi connectivity index (χ0) is 9.60. The predicted molar refractivity (Wildman–Crippen MR) is 56.9 cm³/mol. The van der Waals surface area contributed by atoms with Crippen LogP contribution in [-0.2, 0) is 0 Å². The predicted octanol–water partition coefficient (Wildman–Crippen LogP) is 2.89. The summed E-state index contributed by atoms with van der Waals surface area (Å²) in [5, 5.41) is 10.8. The van der Waals surface area contributed by atoms with Gasteiger partial charge in [-0.3, -0.25) is 0 Å². The molecule has 0 aromatic rings. The van der Waals surface area contributed by atoms with Crippen LogP contribution < -0.4 is 0 Å². The second-order valence-corrected chi connectivity index (χ2v) is 5.52. The number of hydrogen-bond donors (Lipinski definition) is 1. The summed E-state index contributed by atoms with van der Waals surface area (Å²) in [6.45, 7) is 0. The van der Waals surface area contributed by atoms with Gasteiger partial charge < -0.3 is 5.11 Å². The van der Waals surface area contributed by atoms with E-state index in [1.54, 1.807) is 0 Å². The van der Waals surface area contributed by atoms with E-state index in [0.29, 0.717) is 17.8 Å². The van der Waals surface area contributed by atoms with Crippen LogP contribution in [-0.4, -0.2) is 10.7 Å². The zero-order valence-electron chi connectivity index (χ0n) is 8.78. The minimum Gasteiger partial charge on any atom is -0.389 e. The van der Waals surface area contributed by atoms with Crippen LogP contribution in [0.2, 0.25) is 0 Å². The fraction of sp³-hybridized carbons (Fsp3) is 0.846. The van der Waals surface area contributed by atoms with Gasteiger partial charge >= 0.3 is 0 Å². The van der Waals surface area contributed by atoms with Crippen molar-refractivity contribution < 1.29 is 5.11 Å². The zero-order valence-corrected chi connectivity index (χ0v) is 8.78. The van der Waals surface area contributed by atoms with Gasteiger partial charge in [-0.1, -0.05) is 31.4 Å². The number of fused-ring (bicyclic) bond motifs is 2. The summed E-state index contributed by atoms with van der Waals surface area (Å²) in [5.74, 6) is 1.80. The molecule has 3 aliphatic rings. The van der Waals surface area contributed by atoms with Crippen molar-refractivity contribution in [3.8, 4) is 0 Å². The van der Waals surface area contributed by atoms with Crippen molar-refractivity contribution in [3.63, 3.8) is 0 Å². The number of hydrogen-bond acceptors (Lipinski definition) is 1. The molecule has 78 valence electrons. The molecule has 3 atom stereocenters. The summed E-state index contributed by atoms with van der Waals surface area (Å²) in [4.78, 5) is 0. The Bertz CT molecular complexity index is 252. The molecule has 3 aliphatic carbocycles. The molecule has 2 saturated carbocycles. The molecule has 0 spiro atoms. The topological polar surface area (TPSA) is 20.2 Å². The van der Waals surface area contributed by atoms with Crippen molar-refractivity contribution in [1.29, 1.82) is 0 Å². The maximum atomic E-state index is 10.8. The van der Waals surface area contributed by atoms with Gasteiger partial charge in [0.25, 0.3) is 0 Å². The molecular weight excluding hydrogens is 172 g/mol. The second kappa shape index (κ2) is 3.10. The molecule has 0 aromatic carbocycles. The van der Waals surface area contributed by atoms with Crippen molar-refractivity contribution in [2.75, 3.05) is 0 Å². The van der Waals surface area contributed by atoms with E-state index in [9.17, 15) is 5.11 Å². The molecule has 2 bridgehead atoms. The lowest BCUT2D eigenvalue weighted by Crippen LogP contribution is -2.42. The average Bonchev–Trinajstić information content (AvgIpc) is 2.79. The van der Waals surface area contributed by atoms with Gasteiger partial charge in [0.1, 0.15) is 0 Å². The Hall–Kier alpha value is -0.300. The molecule has 1 N–H and O–H groups in total. The Kier molecular flexibility index (Phi) is 1.98. The van der Waals surface area contributed by atoms with Crippen molar-refractivity contribution >= 4 is 0 Å². The van der Waals surface area contributed by atoms with Crippen molar-refractivity contribution in [1.82, 2.24) is 0 Å². The van der Waals surface area contributed by atoms with Crippen molar-refractivity contribution in [3.05, 3.63) is 12.2 Å². The van der Waals surface area contributed by atoms with Crippen LogP contribution in [0, 0.1) is 17.8 Å². The molecule has 1 heteroatoms. The first-order valence-corrected chi connectivity index (χ1v) is 6.20. The fourth-order valence-corrected chi connectivity index (χ4v) is 3.94. The SMILES string of the molecule is OC1(C2CCCCC2)CC2C=CC1C2. The summed E-state index contributed by atoms with van der Waals surface area (Å²) < 4.78 is 0. The third-order valence-corrected chi connectivity index (χ3v) is 4.72. The van der Waals surface area contributed by atoms with Crippen LogP contribution in [0.1, 0.15) is 44.9 Å². The summed E-state index contributed by atoms with van der Waals surface area (Å²) in [7, 11) is 0. The second-order valence-electron chi connectivity index (χ2n) is 5.52. The highest BCUT2D eigenvalue weighted by atomic mass is 16.3. The van der Waals surface area contributed by atoms with Crippen LogP contribution in [0.15, 0.2) is 12.2 Å². The number of aliphatic hydroxyl groups is 1. The maximum Gasteiger partial charge on any atom is 0.0743 e. The van der Waals surface area contributed by atoms with E-state index in [-0.39, 0.29) is 5.60 Å². The largest absolute Gasteiger partial charge is 0.389 e. The Labute approximate surface area is 86.2 Å². The van der Waals surface area contributed by atoms with Crippen LogP contribution in [0.3, 0.4) is 0 Å². The Morgan fingerprint density at radius 2 is 1.86 bits per heavy atom. The van der Waals surface area contributed by atoms with E-state index in [4.69, 9.17) is 0 Å². The van der Waals surface area contributed by atoms with E-state index < -0.39 is 0 Å². The molecule has 3 rings (SSSR count). The first-order valence-electron chi connectivity index (χ1n) is 6.20. The molecule has 2 fully saturated rings. The van der Waals surface area contributed by atoms with Gasteiger partial charge in [-0.2, -0.15) is 0 Å². The average molecular weight is 192 g/mol. The molecule has 0 aliphatic heterocycles. The molecule has 0 radical (unpaired) electrons. The van der Waals surface area contributed by atoms with Gasteiger partial charge in [-0.15, -0.1) is 0 Å². The normalized spacial score (nSPS) is 47.5. The molecular formula is C13H20O. The number of rotatable bonds is 1. The fourth-order valence-electron chi connectivity index (χ4n) is 3.94. The highest BCUT2D eigenvalue weighted by Gasteiger charge is 2.51. The smallest absolute Gasteiger partial charge is 0.0743 e. The van der Waals surface area contributed by atoms with Gasteiger partial charge in [0.05, 0.1) is 5.60 Å². The molecule has 14 heavy (non-hydrogen) atoms. The molecule has 1 nitrogen and oxygen atoms in total. The summed E-state index contributed by atoms with van der Waals surface area (Å²) in [6.07, 6.45) is 13.5. The first-order chi connectivity index (χ1) is 6.79. The maximum absolute atomic E-state index is 10.8. The summed E-state index contributed by atoms with van der Waals surface area (Å²) in [5.41, 5.74) is -0.306. The lowest BCUT2D eigenvalue weighted by molar-refractivity contribution is -0.0541. The Morgan fingerprint density at radius 3 is 2.43 bits per heavy atom. The van der Waals surface area contributed by atoms with Crippen LogP contribution in [0.5, 0.6) is 0 Å². The first kappa shape index (κ1) is 8.96. The summed E-state index contributed by atoms with van der Waals surface area (Å²) in [6, 6.07) is 0.